The molecule has 1 unspecified atom stereocenters. The third-order valence-electron chi connectivity index (χ3n) is 6.24. The molecule has 0 spiro atoms. The molecule has 3 heterocycles. The molecular formula is C22H32N6O. The Hall–Kier alpha value is -2.41. The third kappa shape index (κ3) is 4.45. The van der Waals surface area contributed by atoms with Gasteiger partial charge in [0.1, 0.15) is 12.1 Å². The number of hydrogen-bond acceptors (Lipinski definition) is 6. The van der Waals surface area contributed by atoms with Gasteiger partial charge < -0.3 is 14.7 Å². The summed E-state index contributed by atoms with van der Waals surface area (Å²) in [5, 5.41) is 1.10. The van der Waals surface area contributed by atoms with Crippen molar-refractivity contribution >= 4 is 28.3 Å². The van der Waals surface area contributed by atoms with Crippen molar-refractivity contribution < 1.29 is 4.79 Å². The minimum absolute atomic E-state index is 0.219. The highest BCUT2D eigenvalue weighted by molar-refractivity contribution is 5.91. The molecule has 1 atom stereocenters. The molecule has 156 valence electrons. The van der Waals surface area contributed by atoms with Crippen LogP contribution in [0.1, 0.15) is 19.8 Å². The van der Waals surface area contributed by atoms with E-state index < -0.39 is 0 Å². The highest BCUT2D eigenvalue weighted by atomic mass is 16.2. The van der Waals surface area contributed by atoms with Crippen LogP contribution in [0.2, 0.25) is 0 Å². The van der Waals surface area contributed by atoms with E-state index in [0.29, 0.717) is 5.92 Å². The fourth-order valence-electron chi connectivity index (χ4n) is 4.64. The number of rotatable bonds is 4. The van der Waals surface area contributed by atoms with Gasteiger partial charge in [-0.2, -0.15) is 0 Å². The zero-order chi connectivity index (χ0) is 20.4. The van der Waals surface area contributed by atoms with Crippen LogP contribution in [0.25, 0.3) is 10.9 Å². The van der Waals surface area contributed by atoms with Crippen LogP contribution in [0, 0.1) is 5.92 Å². The van der Waals surface area contributed by atoms with Gasteiger partial charge in [-0.3, -0.25) is 9.69 Å². The summed E-state index contributed by atoms with van der Waals surface area (Å²) in [5.41, 5.74) is 2.23. The van der Waals surface area contributed by atoms with E-state index in [-0.39, 0.29) is 5.91 Å². The molecule has 0 aliphatic carbocycles. The van der Waals surface area contributed by atoms with Crippen LogP contribution < -0.4 is 9.80 Å². The first-order valence-corrected chi connectivity index (χ1v) is 10.7. The number of carbonyl (C=O) groups is 1. The second-order valence-corrected chi connectivity index (χ2v) is 8.55. The third-order valence-corrected chi connectivity index (χ3v) is 6.24. The van der Waals surface area contributed by atoms with Crippen molar-refractivity contribution in [1.29, 1.82) is 0 Å². The van der Waals surface area contributed by atoms with Crippen molar-refractivity contribution in [3.05, 3.63) is 24.5 Å². The Bertz CT molecular complexity index is 862. The topological polar surface area (TPSA) is 55.8 Å². The van der Waals surface area contributed by atoms with Gasteiger partial charge in [0.15, 0.2) is 0 Å². The highest BCUT2D eigenvalue weighted by Gasteiger charge is 2.25. The monoisotopic (exact) mass is 396 g/mol. The van der Waals surface area contributed by atoms with E-state index in [0.717, 1.165) is 69.0 Å². The first kappa shape index (κ1) is 19.9. The van der Waals surface area contributed by atoms with Crippen molar-refractivity contribution in [1.82, 2.24) is 19.8 Å². The average Bonchev–Trinajstić information content (AvgIpc) is 2.73. The molecular weight excluding hydrogens is 364 g/mol. The maximum absolute atomic E-state index is 11.7. The molecule has 1 amide bonds. The quantitative estimate of drug-likeness (QED) is 0.789. The van der Waals surface area contributed by atoms with Crippen LogP contribution >= 0.6 is 0 Å². The van der Waals surface area contributed by atoms with Crippen LogP contribution in [0.5, 0.6) is 0 Å². The standard InChI is InChI=1S/C22H32N6O/c1-17(29)28-8-4-5-18(15-28)14-26-9-11-27(12-10-26)19-6-7-21-20(13-19)22(25(2)3)24-16-23-21/h6-7,13,16,18H,4-5,8-12,14-15H2,1-3H3. The molecule has 2 aliphatic rings. The van der Waals surface area contributed by atoms with Crippen molar-refractivity contribution in [3.63, 3.8) is 0 Å². The Morgan fingerprint density at radius 2 is 1.93 bits per heavy atom. The largest absolute Gasteiger partial charge is 0.369 e. The van der Waals surface area contributed by atoms with Gasteiger partial charge in [0.2, 0.25) is 5.91 Å². The lowest BCUT2D eigenvalue weighted by atomic mass is 9.97. The number of anilines is 2. The summed E-state index contributed by atoms with van der Waals surface area (Å²) < 4.78 is 0. The van der Waals surface area contributed by atoms with Gasteiger partial charge in [-0.05, 0) is 37.0 Å². The number of fused-ring (bicyclic) bond motifs is 1. The molecule has 29 heavy (non-hydrogen) atoms. The molecule has 2 fully saturated rings. The van der Waals surface area contributed by atoms with E-state index >= 15 is 0 Å². The van der Waals surface area contributed by atoms with Gasteiger partial charge in [-0.15, -0.1) is 0 Å². The summed E-state index contributed by atoms with van der Waals surface area (Å²) >= 11 is 0. The molecule has 7 nitrogen and oxygen atoms in total. The molecule has 0 N–H and O–H groups in total. The second-order valence-electron chi connectivity index (χ2n) is 8.55. The molecule has 2 saturated heterocycles. The normalized spacial score (nSPS) is 20.9. The molecule has 0 radical (unpaired) electrons. The molecule has 4 rings (SSSR count). The first-order valence-electron chi connectivity index (χ1n) is 10.7. The first-order chi connectivity index (χ1) is 14.0. The molecule has 1 aromatic heterocycles. The Balaban J connectivity index is 1.38. The lowest BCUT2D eigenvalue weighted by molar-refractivity contribution is -0.130. The van der Waals surface area contributed by atoms with Crippen LogP contribution in [-0.4, -0.2) is 85.6 Å². The zero-order valence-electron chi connectivity index (χ0n) is 17.8. The number of amides is 1. The lowest BCUT2D eigenvalue weighted by Gasteiger charge is -2.40. The van der Waals surface area contributed by atoms with Gasteiger partial charge in [-0.25, -0.2) is 9.97 Å². The summed E-state index contributed by atoms with van der Waals surface area (Å²) in [6.07, 6.45) is 4.01. The van der Waals surface area contributed by atoms with E-state index in [9.17, 15) is 4.79 Å². The Morgan fingerprint density at radius 1 is 1.14 bits per heavy atom. The number of hydrogen-bond donors (Lipinski definition) is 0. The second kappa shape index (κ2) is 8.53. The maximum Gasteiger partial charge on any atom is 0.219 e. The smallest absolute Gasteiger partial charge is 0.219 e. The van der Waals surface area contributed by atoms with Gasteiger partial charge in [0, 0.05) is 77.9 Å². The summed E-state index contributed by atoms with van der Waals surface area (Å²) in [6.45, 7) is 8.85. The fraction of sp³-hybridized carbons (Fsp3) is 0.591. The number of benzene rings is 1. The van der Waals surface area contributed by atoms with E-state index in [2.05, 4.69) is 38.0 Å². The van der Waals surface area contributed by atoms with Crippen LogP contribution in [-0.2, 0) is 4.79 Å². The van der Waals surface area contributed by atoms with Crippen LogP contribution in [0.15, 0.2) is 24.5 Å². The van der Waals surface area contributed by atoms with Gasteiger partial charge in [0.05, 0.1) is 5.52 Å². The lowest BCUT2D eigenvalue weighted by Crippen LogP contribution is -2.50. The summed E-state index contributed by atoms with van der Waals surface area (Å²) in [6, 6.07) is 6.51. The molecule has 0 saturated carbocycles. The molecule has 1 aromatic carbocycles. The van der Waals surface area contributed by atoms with Gasteiger partial charge >= 0.3 is 0 Å². The fourth-order valence-corrected chi connectivity index (χ4v) is 4.64. The SMILES string of the molecule is CC(=O)N1CCCC(CN2CCN(c3ccc4ncnc(N(C)C)c4c3)CC2)C1. The van der Waals surface area contributed by atoms with Gasteiger partial charge in [0.25, 0.3) is 0 Å². The van der Waals surface area contributed by atoms with Crippen molar-refractivity contribution in [2.45, 2.75) is 19.8 Å². The summed E-state index contributed by atoms with van der Waals surface area (Å²) in [4.78, 5) is 29.6. The number of likely N-dealkylation sites (tertiary alicyclic amines) is 1. The Morgan fingerprint density at radius 3 is 2.66 bits per heavy atom. The summed E-state index contributed by atoms with van der Waals surface area (Å²) in [5.74, 6) is 1.79. The number of piperazine rings is 1. The highest BCUT2D eigenvalue weighted by Crippen LogP contribution is 2.27. The summed E-state index contributed by atoms with van der Waals surface area (Å²) in [7, 11) is 4.04. The average molecular weight is 397 g/mol. The Labute approximate surface area is 173 Å². The van der Waals surface area contributed by atoms with E-state index in [1.165, 1.54) is 12.1 Å². The maximum atomic E-state index is 11.7. The Kier molecular flexibility index (Phi) is 5.85. The predicted molar refractivity (Wildman–Crippen MR) is 117 cm³/mol. The number of nitrogens with zero attached hydrogens (tertiary/aromatic N) is 6. The molecule has 2 aliphatic heterocycles. The predicted octanol–water partition coefficient (Wildman–Crippen LogP) is 2.08. The van der Waals surface area contributed by atoms with E-state index in [4.69, 9.17) is 0 Å². The van der Waals surface area contributed by atoms with Crippen molar-refractivity contribution in [2.75, 3.05) is 69.7 Å². The van der Waals surface area contributed by atoms with Crippen molar-refractivity contribution in [3.8, 4) is 0 Å². The van der Waals surface area contributed by atoms with E-state index in [1.54, 1.807) is 13.3 Å². The van der Waals surface area contributed by atoms with Gasteiger partial charge in [-0.1, -0.05) is 0 Å². The number of aromatic nitrogens is 2. The number of carbonyl (C=O) groups excluding carboxylic acids is 1. The van der Waals surface area contributed by atoms with Crippen molar-refractivity contribution in [2.24, 2.45) is 5.92 Å². The van der Waals surface area contributed by atoms with Crippen LogP contribution in [0.4, 0.5) is 11.5 Å². The molecule has 2 aromatic rings. The minimum Gasteiger partial charge on any atom is -0.369 e. The molecule has 7 heteroatoms. The number of piperidine rings is 1. The minimum atomic E-state index is 0.219. The molecule has 0 bridgehead atoms. The van der Waals surface area contributed by atoms with Crippen LogP contribution in [0.3, 0.4) is 0 Å². The zero-order valence-corrected chi connectivity index (χ0v) is 17.8. The van der Waals surface area contributed by atoms with E-state index in [1.807, 2.05) is 23.9 Å².